The van der Waals surface area contributed by atoms with Gasteiger partial charge in [-0.15, -0.1) is 0 Å². The van der Waals surface area contributed by atoms with Crippen LogP contribution in [0.4, 0.5) is 5.69 Å². The first-order valence-corrected chi connectivity index (χ1v) is 11.0. The minimum Gasteiger partial charge on any atom is -0.370 e. The van der Waals surface area contributed by atoms with Crippen LogP contribution in [0, 0.1) is 5.41 Å². The average Bonchev–Trinajstić information content (AvgIpc) is 3.22. The summed E-state index contributed by atoms with van der Waals surface area (Å²) in [7, 11) is 0. The van der Waals surface area contributed by atoms with Gasteiger partial charge in [0.15, 0.2) is 5.96 Å². The highest BCUT2D eigenvalue weighted by Gasteiger charge is 2.28. The van der Waals surface area contributed by atoms with Crippen molar-refractivity contribution in [3.63, 3.8) is 0 Å². The summed E-state index contributed by atoms with van der Waals surface area (Å²) in [6, 6.07) is 20.7. The number of hydrogen-bond donors (Lipinski definition) is 4. The van der Waals surface area contributed by atoms with Gasteiger partial charge in [0.05, 0.1) is 29.3 Å². The van der Waals surface area contributed by atoms with Gasteiger partial charge in [0.1, 0.15) is 5.82 Å². The fourth-order valence-electron chi connectivity index (χ4n) is 4.57. The van der Waals surface area contributed by atoms with E-state index < -0.39 is 0 Å². The van der Waals surface area contributed by atoms with Crippen LogP contribution in [0.15, 0.2) is 66.9 Å². The standard InChI is InChI=1S/C25H27N7/c26-25(27)29-19-12-10-17(11-13-19)15-32(16-23-30-20-7-1-2-8-21(20)31-23)22-9-3-5-18-6-4-14-28-24(18)22/h1-2,4,6-8,10-14,22H,3,5,9,15-16H2,(H,30,31)(H4,26,27,29). The molecule has 32 heavy (non-hydrogen) atoms. The Balaban J connectivity index is 1.45. The molecule has 5 N–H and O–H groups in total. The second-order valence-electron chi connectivity index (χ2n) is 8.30. The monoisotopic (exact) mass is 425 g/mol. The number of aromatic amines is 1. The van der Waals surface area contributed by atoms with Crippen molar-refractivity contribution in [3.05, 3.63) is 89.5 Å². The number of nitrogens with one attached hydrogen (secondary N) is 3. The van der Waals surface area contributed by atoms with Crippen molar-refractivity contribution >= 4 is 22.7 Å². The third-order valence-electron chi connectivity index (χ3n) is 6.02. The molecule has 7 nitrogen and oxygen atoms in total. The molecule has 7 heteroatoms. The first-order valence-electron chi connectivity index (χ1n) is 11.0. The van der Waals surface area contributed by atoms with Crippen molar-refractivity contribution in [1.82, 2.24) is 19.9 Å². The zero-order valence-electron chi connectivity index (χ0n) is 17.9. The van der Waals surface area contributed by atoms with E-state index in [9.17, 15) is 0 Å². The number of pyridine rings is 1. The van der Waals surface area contributed by atoms with E-state index in [4.69, 9.17) is 21.1 Å². The lowest BCUT2D eigenvalue weighted by Crippen LogP contribution is -2.31. The van der Waals surface area contributed by atoms with Crippen LogP contribution in [0.3, 0.4) is 0 Å². The summed E-state index contributed by atoms with van der Waals surface area (Å²) in [6.07, 6.45) is 5.22. The van der Waals surface area contributed by atoms with Gasteiger partial charge in [-0.1, -0.05) is 30.3 Å². The molecular weight excluding hydrogens is 398 g/mol. The fraction of sp³-hybridized carbons (Fsp3) is 0.240. The summed E-state index contributed by atoms with van der Waals surface area (Å²) in [5.74, 6) is 0.901. The van der Waals surface area contributed by atoms with Crippen LogP contribution < -0.4 is 11.1 Å². The van der Waals surface area contributed by atoms with E-state index in [1.165, 1.54) is 16.8 Å². The Kier molecular flexibility index (Phi) is 5.56. The van der Waals surface area contributed by atoms with Gasteiger partial charge in [0, 0.05) is 18.4 Å². The molecule has 0 amide bonds. The molecule has 0 aliphatic heterocycles. The number of guanidine groups is 1. The van der Waals surface area contributed by atoms with E-state index in [0.717, 1.165) is 48.4 Å². The predicted octanol–water partition coefficient (Wildman–Crippen LogP) is 4.34. The Labute approximate surface area is 187 Å². The normalized spacial score (nSPS) is 15.6. The van der Waals surface area contributed by atoms with Crippen molar-refractivity contribution in [2.75, 3.05) is 5.32 Å². The van der Waals surface area contributed by atoms with Crippen molar-refractivity contribution in [3.8, 4) is 0 Å². The van der Waals surface area contributed by atoms with Crippen LogP contribution in [0.25, 0.3) is 11.0 Å². The van der Waals surface area contributed by atoms with Gasteiger partial charge in [0.25, 0.3) is 0 Å². The third kappa shape index (κ3) is 4.33. The number of anilines is 1. The molecule has 0 saturated carbocycles. The van der Waals surface area contributed by atoms with Crippen LogP contribution in [0.5, 0.6) is 0 Å². The number of para-hydroxylation sites is 2. The lowest BCUT2D eigenvalue weighted by molar-refractivity contribution is 0.153. The van der Waals surface area contributed by atoms with E-state index >= 15 is 0 Å². The van der Waals surface area contributed by atoms with Crippen LogP contribution in [0.2, 0.25) is 0 Å². The van der Waals surface area contributed by atoms with E-state index in [-0.39, 0.29) is 12.0 Å². The molecule has 4 aromatic rings. The van der Waals surface area contributed by atoms with Crippen molar-refractivity contribution in [2.45, 2.75) is 38.4 Å². The molecule has 1 atom stereocenters. The lowest BCUT2D eigenvalue weighted by atomic mass is 9.90. The Morgan fingerprint density at radius 2 is 1.94 bits per heavy atom. The molecule has 0 radical (unpaired) electrons. The predicted molar refractivity (Wildman–Crippen MR) is 127 cm³/mol. The van der Waals surface area contributed by atoms with E-state index in [1.807, 2.05) is 42.6 Å². The number of imidazole rings is 1. The first kappa shape index (κ1) is 20.2. The highest BCUT2D eigenvalue weighted by molar-refractivity contribution is 5.89. The van der Waals surface area contributed by atoms with Gasteiger partial charge >= 0.3 is 0 Å². The minimum absolute atomic E-state index is 0.0610. The Morgan fingerprint density at radius 1 is 1.09 bits per heavy atom. The van der Waals surface area contributed by atoms with E-state index in [2.05, 4.69) is 39.5 Å². The molecule has 1 unspecified atom stereocenters. The van der Waals surface area contributed by atoms with Gasteiger partial charge in [-0.05, 0) is 60.7 Å². The van der Waals surface area contributed by atoms with Crippen molar-refractivity contribution in [1.29, 1.82) is 5.41 Å². The number of fused-ring (bicyclic) bond motifs is 2. The number of rotatable bonds is 6. The molecule has 2 aromatic heterocycles. The van der Waals surface area contributed by atoms with Gasteiger partial charge in [0.2, 0.25) is 0 Å². The molecule has 2 aromatic carbocycles. The first-order chi connectivity index (χ1) is 15.7. The maximum absolute atomic E-state index is 7.41. The Morgan fingerprint density at radius 3 is 2.75 bits per heavy atom. The topological polar surface area (TPSA) is 107 Å². The van der Waals surface area contributed by atoms with Crippen LogP contribution >= 0.6 is 0 Å². The maximum atomic E-state index is 7.41. The summed E-state index contributed by atoms with van der Waals surface area (Å²) in [6.45, 7) is 1.49. The summed E-state index contributed by atoms with van der Waals surface area (Å²) >= 11 is 0. The molecule has 1 aliphatic carbocycles. The molecule has 5 rings (SSSR count). The summed E-state index contributed by atoms with van der Waals surface area (Å²) in [4.78, 5) is 15.6. The number of benzene rings is 2. The number of aryl methyl sites for hydroxylation is 1. The SMILES string of the molecule is N=C(N)Nc1ccc(CN(Cc2nc3ccccc3[nH]2)C2CCCc3cccnc32)cc1. The minimum atomic E-state index is -0.0610. The van der Waals surface area contributed by atoms with E-state index in [1.54, 1.807) is 0 Å². The quantitative estimate of drug-likeness (QED) is 0.271. The van der Waals surface area contributed by atoms with Crippen molar-refractivity contribution in [2.24, 2.45) is 5.73 Å². The number of nitrogens with zero attached hydrogens (tertiary/aromatic N) is 3. The third-order valence-corrected chi connectivity index (χ3v) is 6.02. The molecule has 0 spiro atoms. The van der Waals surface area contributed by atoms with Crippen molar-refractivity contribution < 1.29 is 0 Å². The Hall–Kier alpha value is -3.71. The zero-order valence-corrected chi connectivity index (χ0v) is 17.9. The number of hydrogen-bond acceptors (Lipinski definition) is 4. The molecule has 0 fully saturated rings. The van der Waals surface area contributed by atoms with E-state index in [0.29, 0.717) is 6.54 Å². The number of nitrogens with two attached hydrogens (primary N) is 1. The second-order valence-corrected chi connectivity index (χ2v) is 8.30. The van der Waals surface area contributed by atoms with Gasteiger partial charge < -0.3 is 16.0 Å². The summed E-state index contributed by atoms with van der Waals surface area (Å²) in [5.41, 5.74) is 12.0. The van der Waals surface area contributed by atoms with Crippen LogP contribution in [-0.2, 0) is 19.5 Å². The van der Waals surface area contributed by atoms with Gasteiger partial charge in [-0.2, -0.15) is 0 Å². The molecule has 1 aliphatic rings. The highest BCUT2D eigenvalue weighted by Crippen LogP contribution is 2.34. The smallest absolute Gasteiger partial charge is 0.190 e. The Bertz CT molecular complexity index is 1200. The fourth-order valence-corrected chi connectivity index (χ4v) is 4.57. The molecular formula is C25H27N7. The summed E-state index contributed by atoms with van der Waals surface area (Å²) < 4.78 is 0. The van der Waals surface area contributed by atoms with Gasteiger partial charge in [-0.25, -0.2) is 4.98 Å². The highest BCUT2D eigenvalue weighted by atomic mass is 15.2. The van der Waals surface area contributed by atoms with Crippen LogP contribution in [-0.4, -0.2) is 25.8 Å². The molecule has 162 valence electrons. The van der Waals surface area contributed by atoms with Crippen LogP contribution in [0.1, 0.15) is 41.5 Å². The summed E-state index contributed by atoms with van der Waals surface area (Å²) in [5, 5.41) is 10.3. The molecule has 0 bridgehead atoms. The zero-order chi connectivity index (χ0) is 21.9. The molecule has 2 heterocycles. The average molecular weight is 426 g/mol. The lowest BCUT2D eigenvalue weighted by Gasteiger charge is -2.34. The maximum Gasteiger partial charge on any atom is 0.190 e. The number of H-pyrrole nitrogens is 1. The largest absolute Gasteiger partial charge is 0.370 e. The number of aromatic nitrogens is 3. The molecule has 0 saturated heterocycles. The second kappa shape index (κ2) is 8.80. The van der Waals surface area contributed by atoms with Gasteiger partial charge in [-0.3, -0.25) is 15.3 Å².